The maximum absolute atomic E-state index is 13.3. The van der Waals surface area contributed by atoms with Gasteiger partial charge < -0.3 is 10.2 Å². The Morgan fingerprint density at radius 1 is 1.29 bits per heavy atom. The van der Waals surface area contributed by atoms with Gasteiger partial charge in [0.1, 0.15) is 11.6 Å². The normalized spacial score (nSPS) is 14.0. The van der Waals surface area contributed by atoms with Gasteiger partial charge in [-0.1, -0.05) is 6.07 Å². The van der Waals surface area contributed by atoms with Gasteiger partial charge >= 0.3 is 0 Å². The van der Waals surface area contributed by atoms with E-state index in [0.717, 1.165) is 22.6 Å². The molecule has 1 amide bonds. The fraction of sp³-hybridized carbons (Fsp3) is 0.250. The summed E-state index contributed by atoms with van der Waals surface area (Å²) in [4.78, 5) is 18.1. The first kappa shape index (κ1) is 13.5. The van der Waals surface area contributed by atoms with Crippen molar-refractivity contribution >= 4 is 17.4 Å². The minimum Gasteiger partial charge on any atom is -0.373 e. The predicted molar refractivity (Wildman–Crippen MR) is 79.7 cm³/mol. The maximum atomic E-state index is 13.3. The van der Waals surface area contributed by atoms with Crippen molar-refractivity contribution in [2.75, 3.05) is 17.3 Å². The monoisotopic (exact) mass is 285 g/mol. The molecule has 0 saturated heterocycles. The van der Waals surface area contributed by atoms with E-state index < -0.39 is 0 Å². The van der Waals surface area contributed by atoms with E-state index >= 15 is 0 Å². The minimum atomic E-state index is -0.261. The number of hydrogen-bond acceptors (Lipinski definition) is 3. The zero-order valence-corrected chi connectivity index (χ0v) is 11.8. The molecule has 2 aromatic rings. The molecule has 1 N–H and O–H groups in total. The molecule has 4 nitrogen and oxygen atoms in total. The first-order valence-electron chi connectivity index (χ1n) is 6.89. The Morgan fingerprint density at radius 2 is 2.14 bits per heavy atom. The van der Waals surface area contributed by atoms with E-state index in [1.54, 1.807) is 24.2 Å². The second kappa shape index (κ2) is 5.52. The van der Waals surface area contributed by atoms with E-state index in [0.29, 0.717) is 19.4 Å². The lowest BCUT2D eigenvalue weighted by Gasteiger charge is -2.29. The highest BCUT2D eigenvalue weighted by Gasteiger charge is 2.24. The van der Waals surface area contributed by atoms with Gasteiger partial charge in [-0.2, -0.15) is 0 Å². The summed E-state index contributed by atoms with van der Waals surface area (Å²) in [5, 5.41) is 2.96. The molecule has 0 unspecified atom stereocenters. The molecule has 5 heteroatoms. The summed E-state index contributed by atoms with van der Waals surface area (Å²) in [7, 11) is 1.81. The van der Waals surface area contributed by atoms with Crippen LogP contribution in [0, 0.1) is 5.82 Å². The number of nitrogens with one attached hydrogen (secondary N) is 1. The molecule has 0 bridgehead atoms. The van der Waals surface area contributed by atoms with Crippen molar-refractivity contribution in [1.82, 2.24) is 4.98 Å². The number of amides is 1. The second-order valence-electron chi connectivity index (χ2n) is 5.05. The van der Waals surface area contributed by atoms with E-state index in [2.05, 4.69) is 10.3 Å². The number of aryl methyl sites for hydroxylation is 1. The number of carbonyl (C=O) groups excluding carboxylic acids is 1. The van der Waals surface area contributed by atoms with E-state index in [1.165, 1.54) is 12.1 Å². The summed E-state index contributed by atoms with van der Waals surface area (Å²) >= 11 is 0. The number of pyridine rings is 1. The van der Waals surface area contributed by atoms with Gasteiger partial charge in [0.2, 0.25) is 5.91 Å². The molecule has 1 aliphatic heterocycles. The standard InChI is InChI=1S/C16H16FN3O/c1-18-15-6-2-11(9-19-15)10-20-14-5-4-13(17)8-12(14)3-7-16(20)21/h2,4-6,8-9H,3,7,10H2,1H3,(H,18,19). The van der Waals surface area contributed by atoms with Gasteiger partial charge in [0.15, 0.2) is 0 Å². The zero-order chi connectivity index (χ0) is 14.8. The van der Waals surface area contributed by atoms with Crippen LogP contribution in [-0.4, -0.2) is 17.9 Å². The van der Waals surface area contributed by atoms with Crippen LogP contribution in [0.3, 0.4) is 0 Å². The Balaban J connectivity index is 1.89. The number of carbonyl (C=O) groups is 1. The average Bonchev–Trinajstić information content (AvgIpc) is 2.51. The number of nitrogens with zero attached hydrogens (tertiary/aromatic N) is 2. The molecule has 0 fully saturated rings. The molecule has 2 heterocycles. The Labute approximate surface area is 122 Å². The topological polar surface area (TPSA) is 45.2 Å². The molecule has 3 rings (SSSR count). The summed E-state index contributed by atoms with van der Waals surface area (Å²) in [6.45, 7) is 0.453. The lowest BCUT2D eigenvalue weighted by atomic mass is 10.0. The van der Waals surface area contributed by atoms with Crippen LogP contribution in [0.4, 0.5) is 15.9 Å². The number of rotatable bonds is 3. The summed E-state index contributed by atoms with van der Waals surface area (Å²) in [6.07, 6.45) is 2.76. The number of fused-ring (bicyclic) bond motifs is 1. The fourth-order valence-corrected chi connectivity index (χ4v) is 2.55. The average molecular weight is 285 g/mol. The molecule has 1 aromatic heterocycles. The number of halogens is 1. The van der Waals surface area contributed by atoms with Crippen LogP contribution in [0.25, 0.3) is 0 Å². The van der Waals surface area contributed by atoms with Gasteiger partial charge in [-0.05, 0) is 41.8 Å². The zero-order valence-electron chi connectivity index (χ0n) is 11.8. The van der Waals surface area contributed by atoms with Crippen molar-refractivity contribution in [2.45, 2.75) is 19.4 Å². The Morgan fingerprint density at radius 3 is 2.86 bits per heavy atom. The molecule has 0 spiro atoms. The van der Waals surface area contributed by atoms with Crippen molar-refractivity contribution in [2.24, 2.45) is 0 Å². The van der Waals surface area contributed by atoms with Crippen molar-refractivity contribution in [1.29, 1.82) is 0 Å². The second-order valence-corrected chi connectivity index (χ2v) is 5.05. The van der Waals surface area contributed by atoms with Crippen LogP contribution in [0.1, 0.15) is 17.5 Å². The molecule has 1 aliphatic rings. The number of anilines is 2. The molecular formula is C16H16FN3O. The highest BCUT2D eigenvalue weighted by Crippen LogP contribution is 2.29. The van der Waals surface area contributed by atoms with E-state index in [-0.39, 0.29) is 11.7 Å². The van der Waals surface area contributed by atoms with Crippen molar-refractivity contribution in [3.63, 3.8) is 0 Å². The molecule has 21 heavy (non-hydrogen) atoms. The van der Waals surface area contributed by atoms with E-state index in [1.807, 2.05) is 12.1 Å². The van der Waals surface area contributed by atoms with Gasteiger partial charge in [0, 0.05) is 25.4 Å². The third-order valence-corrected chi connectivity index (χ3v) is 3.66. The van der Waals surface area contributed by atoms with Crippen LogP contribution in [0.15, 0.2) is 36.5 Å². The summed E-state index contributed by atoms with van der Waals surface area (Å²) in [6, 6.07) is 8.39. The Hall–Kier alpha value is -2.43. The van der Waals surface area contributed by atoms with Crippen molar-refractivity contribution in [3.8, 4) is 0 Å². The molecule has 108 valence electrons. The van der Waals surface area contributed by atoms with Gasteiger partial charge in [-0.3, -0.25) is 4.79 Å². The number of hydrogen-bond donors (Lipinski definition) is 1. The summed E-state index contributed by atoms with van der Waals surface area (Å²) in [5.74, 6) is 0.584. The van der Waals surface area contributed by atoms with Crippen LogP contribution >= 0.6 is 0 Å². The van der Waals surface area contributed by atoms with Crippen LogP contribution in [0.5, 0.6) is 0 Å². The summed E-state index contributed by atoms with van der Waals surface area (Å²) < 4.78 is 13.3. The molecule has 0 saturated carbocycles. The third kappa shape index (κ3) is 2.72. The minimum absolute atomic E-state index is 0.0619. The van der Waals surface area contributed by atoms with E-state index in [4.69, 9.17) is 0 Å². The quantitative estimate of drug-likeness (QED) is 0.943. The van der Waals surface area contributed by atoms with Crippen molar-refractivity contribution < 1.29 is 9.18 Å². The highest BCUT2D eigenvalue weighted by molar-refractivity contribution is 5.96. The van der Waals surface area contributed by atoms with E-state index in [9.17, 15) is 9.18 Å². The van der Waals surface area contributed by atoms with Crippen LogP contribution < -0.4 is 10.2 Å². The number of benzene rings is 1. The first-order chi connectivity index (χ1) is 10.2. The molecular weight excluding hydrogens is 269 g/mol. The Bertz CT molecular complexity index is 670. The lowest BCUT2D eigenvalue weighted by Crippen LogP contribution is -2.34. The van der Waals surface area contributed by atoms with Gasteiger partial charge in [-0.15, -0.1) is 0 Å². The lowest BCUT2D eigenvalue weighted by molar-refractivity contribution is -0.119. The SMILES string of the molecule is CNc1ccc(CN2C(=O)CCc3cc(F)ccc32)cn1. The maximum Gasteiger partial charge on any atom is 0.227 e. The molecule has 0 aliphatic carbocycles. The van der Waals surface area contributed by atoms with Gasteiger partial charge in [0.05, 0.1) is 6.54 Å². The Kier molecular flexibility index (Phi) is 3.56. The molecule has 0 radical (unpaired) electrons. The van der Waals surface area contributed by atoms with Crippen LogP contribution in [0.2, 0.25) is 0 Å². The van der Waals surface area contributed by atoms with Gasteiger partial charge in [0.25, 0.3) is 0 Å². The van der Waals surface area contributed by atoms with Crippen LogP contribution in [-0.2, 0) is 17.8 Å². The van der Waals surface area contributed by atoms with Gasteiger partial charge in [-0.25, -0.2) is 9.37 Å². The molecule has 1 aromatic carbocycles. The predicted octanol–water partition coefficient (Wildman–Crippen LogP) is 2.74. The fourth-order valence-electron chi connectivity index (χ4n) is 2.55. The largest absolute Gasteiger partial charge is 0.373 e. The first-order valence-corrected chi connectivity index (χ1v) is 6.89. The third-order valence-electron chi connectivity index (χ3n) is 3.66. The smallest absolute Gasteiger partial charge is 0.227 e. The summed E-state index contributed by atoms with van der Waals surface area (Å²) in [5.41, 5.74) is 2.62. The number of aromatic nitrogens is 1. The molecule has 0 atom stereocenters. The van der Waals surface area contributed by atoms with Crippen molar-refractivity contribution in [3.05, 3.63) is 53.5 Å². The highest BCUT2D eigenvalue weighted by atomic mass is 19.1.